The van der Waals surface area contributed by atoms with E-state index in [2.05, 4.69) is 5.32 Å². The van der Waals surface area contributed by atoms with Gasteiger partial charge in [-0.25, -0.2) is 22.5 Å². The molecule has 0 unspecified atom stereocenters. The van der Waals surface area contributed by atoms with Crippen molar-refractivity contribution in [1.29, 1.82) is 0 Å². The monoisotopic (exact) mass is 449 g/mol. The quantitative estimate of drug-likeness (QED) is 0.746. The molecule has 2 atom stereocenters. The van der Waals surface area contributed by atoms with Gasteiger partial charge < -0.3 is 14.8 Å². The van der Waals surface area contributed by atoms with Gasteiger partial charge in [-0.1, -0.05) is 0 Å². The second kappa shape index (κ2) is 7.82. The highest BCUT2D eigenvalue weighted by molar-refractivity contribution is 7.89. The predicted octanol–water partition coefficient (Wildman–Crippen LogP) is 1.73. The number of benzene rings is 2. The van der Waals surface area contributed by atoms with Gasteiger partial charge in [0.15, 0.2) is 0 Å². The van der Waals surface area contributed by atoms with Gasteiger partial charge in [0.2, 0.25) is 10.0 Å². The number of imide groups is 1. The van der Waals surface area contributed by atoms with E-state index < -0.39 is 39.9 Å². The second-order valence-corrected chi connectivity index (χ2v) is 8.93. The van der Waals surface area contributed by atoms with Gasteiger partial charge in [-0.3, -0.25) is 4.79 Å². The molecule has 2 aliphatic rings. The molecule has 2 aromatic carbocycles. The maximum Gasteiger partial charge on any atom is 0.329 e. The van der Waals surface area contributed by atoms with E-state index in [4.69, 9.17) is 9.47 Å². The first-order valence-corrected chi connectivity index (χ1v) is 10.9. The SMILES string of the molecule is COc1ccc(OC)c(S(=O)(=O)N2CC[C@@H]3NC(=O)N(c4ccc(F)cc4)C(=O)[C@H]32)c1. The van der Waals surface area contributed by atoms with E-state index in [0.717, 1.165) is 21.3 Å². The van der Waals surface area contributed by atoms with E-state index in [-0.39, 0.29) is 29.3 Å². The van der Waals surface area contributed by atoms with Crippen LogP contribution < -0.4 is 19.7 Å². The average molecular weight is 449 g/mol. The van der Waals surface area contributed by atoms with Crippen LogP contribution in [0.2, 0.25) is 0 Å². The molecule has 0 spiro atoms. The highest BCUT2D eigenvalue weighted by Crippen LogP contribution is 2.36. The molecular formula is C20H20FN3O6S. The lowest BCUT2D eigenvalue weighted by molar-refractivity contribution is -0.122. The molecule has 2 heterocycles. The zero-order valence-electron chi connectivity index (χ0n) is 16.7. The topological polar surface area (TPSA) is 105 Å². The van der Waals surface area contributed by atoms with E-state index in [1.54, 1.807) is 6.07 Å². The number of nitrogens with zero attached hydrogens (tertiary/aromatic N) is 2. The van der Waals surface area contributed by atoms with Crippen LogP contribution in [0.3, 0.4) is 0 Å². The Balaban J connectivity index is 1.74. The molecular weight excluding hydrogens is 429 g/mol. The fourth-order valence-corrected chi connectivity index (χ4v) is 5.69. The maximum atomic E-state index is 13.5. The Hall–Kier alpha value is -3.18. The van der Waals surface area contributed by atoms with Gasteiger partial charge in [0.05, 0.1) is 25.9 Å². The number of carbonyl (C=O) groups excluding carboxylic acids is 2. The summed E-state index contributed by atoms with van der Waals surface area (Å²) in [5.41, 5.74) is 0.144. The number of hydrogen-bond donors (Lipinski definition) is 1. The number of hydrogen-bond acceptors (Lipinski definition) is 6. The van der Waals surface area contributed by atoms with Gasteiger partial charge in [0, 0.05) is 12.6 Å². The number of halogens is 1. The van der Waals surface area contributed by atoms with Gasteiger partial charge in [-0.2, -0.15) is 4.31 Å². The highest BCUT2D eigenvalue weighted by Gasteiger charge is 2.52. The third kappa shape index (κ3) is 3.49. The van der Waals surface area contributed by atoms with Gasteiger partial charge in [0.25, 0.3) is 5.91 Å². The number of carbonyl (C=O) groups is 2. The Morgan fingerprint density at radius 1 is 1.06 bits per heavy atom. The number of methoxy groups -OCH3 is 2. The lowest BCUT2D eigenvalue weighted by Gasteiger charge is -2.36. The first-order chi connectivity index (χ1) is 14.8. The Labute approximate surface area is 178 Å². The first-order valence-electron chi connectivity index (χ1n) is 9.42. The minimum Gasteiger partial charge on any atom is -0.497 e. The van der Waals surface area contributed by atoms with Crippen molar-refractivity contribution in [2.75, 3.05) is 25.7 Å². The summed E-state index contributed by atoms with van der Waals surface area (Å²) >= 11 is 0. The van der Waals surface area contributed by atoms with Crippen LogP contribution in [0.25, 0.3) is 0 Å². The van der Waals surface area contributed by atoms with Crippen molar-refractivity contribution < 1.29 is 31.9 Å². The molecule has 4 rings (SSSR count). The number of amides is 3. The average Bonchev–Trinajstić information content (AvgIpc) is 3.19. The summed E-state index contributed by atoms with van der Waals surface area (Å²) in [6.45, 7) is 0.0291. The van der Waals surface area contributed by atoms with Crippen LogP contribution >= 0.6 is 0 Å². The number of sulfonamides is 1. The molecule has 9 nitrogen and oxygen atoms in total. The van der Waals surface area contributed by atoms with Gasteiger partial charge in [-0.05, 0) is 42.8 Å². The van der Waals surface area contributed by atoms with Crippen LogP contribution in [-0.2, 0) is 14.8 Å². The van der Waals surface area contributed by atoms with E-state index in [9.17, 15) is 22.4 Å². The summed E-state index contributed by atoms with van der Waals surface area (Å²) in [7, 11) is -1.43. The van der Waals surface area contributed by atoms with Crippen LogP contribution in [0, 0.1) is 5.82 Å². The first kappa shape index (κ1) is 21.1. The van der Waals surface area contributed by atoms with Crippen molar-refractivity contribution in [2.45, 2.75) is 23.4 Å². The fraction of sp³-hybridized carbons (Fsp3) is 0.300. The summed E-state index contributed by atoms with van der Waals surface area (Å²) in [6.07, 6.45) is 0.269. The number of ether oxygens (including phenoxy) is 2. The highest BCUT2D eigenvalue weighted by atomic mass is 32.2. The Morgan fingerprint density at radius 3 is 2.42 bits per heavy atom. The number of fused-ring (bicyclic) bond motifs is 1. The predicted molar refractivity (Wildman–Crippen MR) is 108 cm³/mol. The van der Waals surface area contributed by atoms with Crippen molar-refractivity contribution in [3.63, 3.8) is 0 Å². The van der Waals surface area contributed by atoms with Crippen molar-refractivity contribution in [3.8, 4) is 11.5 Å². The molecule has 31 heavy (non-hydrogen) atoms. The van der Waals surface area contributed by atoms with Gasteiger partial charge >= 0.3 is 6.03 Å². The van der Waals surface area contributed by atoms with Crippen LogP contribution in [0.4, 0.5) is 14.9 Å². The van der Waals surface area contributed by atoms with Crippen LogP contribution in [-0.4, -0.2) is 57.5 Å². The number of nitrogens with one attached hydrogen (secondary N) is 1. The largest absolute Gasteiger partial charge is 0.497 e. The van der Waals surface area contributed by atoms with E-state index in [0.29, 0.717) is 5.75 Å². The smallest absolute Gasteiger partial charge is 0.329 e. The number of anilines is 1. The molecule has 3 amide bonds. The van der Waals surface area contributed by atoms with Crippen molar-refractivity contribution in [3.05, 3.63) is 48.3 Å². The van der Waals surface area contributed by atoms with Crippen LogP contribution in [0.1, 0.15) is 6.42 Å². The molecule has 1 N–H and O–H groups in total. The third-order valence-corrected chi connectivity index (χ3v) is 7.28. The van der Waals surface area contributed by atoms with Crippen molar-refractivity contribution in [2.24, 2.45) is 0 Å². The molecule has 0 aliphatic carbocycles. The summed E-state index contributed by atoms with van der Waals surface area (Å²) < 4.78 is 51.7. The third-order valence-electron chi connectivity index (χ3n) is 5.38. The number of urea groups is 1. The minimum absolute atomic E-state index is 0.0291. The van der Waals surface area contributed by atoms with Gasteiger partial charge in [-0.15, -0.1) is 0 Å². The molecule has 0 radical (unpaired) electrons. The maximum absolute atomic E-state index is 13.5. The molecule has 2 saturated heterocycles. The van der Waals surface area contributed by atoms with Crippen LogP contribution in [0.15, 0.2) is 47.4 Å². The molecule has 2 aliphatic heterocycles. The molecule has 0 bridgehead atoms. The molecule has 2 aromatic rings. The molecule has 164 valence electrons. The Kier molecular flexibility index (Phi) is 5.31. The zero-order valence-corrected chi connectivity index (χ0v) is 17.6. The molecule has 2 fully saturated rings. The second-order valence-electron chi connectivity index (χ2n) is 7.07. The summed E-state index contributed by atoms with van der Waals surface area (Å²) in [4.78, 5) is 26.5. The number of rotatable bonds is 5. The molecule has 0 aromatic heterocycles. The molecule has 0 saturated carbocycles. The molecule has 11 heteroatoms. The van der Waals surface area contributed by atoms with E-state index in [1.165, 1.54) is 38.5 Å². The fourth-order valence-electron chi connectivity index (χ4n) is 3.88. The summed E-state index contributed by atoms with van der Waals surface area (Å²) in [5.74, 6) is -0.816. The Bertz CT molecular complexity index is 1140. The minimum atomic E-state index is -4.18. The normalized spacial score (nSPS) is 21.6. The van der Waals surface area contributed by atoms with Gasteiger partial charge in [0.1, 0.15) is 28.3 Å². The lowest BCUT2D eigenvalue weighted by Crippen LogP contribution is -2.64. The zero-order chi connectivity index (χ0) is 22.3. The Morgan fingerprint density at radius 2 is 1.77 bits per heavy atom. The summed E-state index contributed by atoms with van der Waals surface area (Å²) in [5, 5.41) is 2.69. The lowest BCUT2D eigenvalue weighted by atomic mass is 10.1. The van der Waals surface area contributed by atoms with E-state index in [1.807, 2.05) is 0 Å². The van der Waals surface area contributed by atoms with Crippen LogP contribution in [0.5, 0.6) is 11.5 Å². The van der Waals surface area contributed by atoms with Crippen molar-refractivity contribution >= 4 is 27.6 Å². The van der Waals surface area contributed by atoms with E-state index >= 15 is 0 Å². The summed E-state index contributed by atoms with van der Waals surface area (Å²) in [6, 6.07) is 6.64. The standard InChI is InChI=1S/C20H20FN3O6S/c1-29-14-7-8-16(30-2)17(11-14)31(27,28)23-10-9-15-18(23)19(25)24(20(26)22-15)13-5-3-12(21)4-6-13/h3-8,11,15,18H,9-10H2,1-2H3,(H,22,26)/t15-,18-/m0/s1. The van der Waals surface area contributed by atoms with Crippen molar-refractivity contribution in [1.82, 2.24) is 9.62 Å².